The topological polar surface area (TPSA) is 32.3 Å². The average molecular weight is 320 g/mol. The van der Waals surface area contributed by atoms with Gasteiger partial charge < -0.3 is 10.4 Å². The Morgan fingerprint density at radius 3 is 2.32 bits per heavy atom. The molecule has 0 saturated carbocycles. The molecule has 100 valence electrons. The Bertz CT molecular complexity index is 507. The summed E-state index contributed by atoms with van der Waals surface area (Å²) in [6.45, 7) is 2.62. The summed E-state index contributed by atoms with van der Waals surface area (Å²) < 4.78 is 1.05. The van der Waals surface area contributed by atoms with Crippen LogP contribution in [0, 0.1) is 6.92 Å². The second kappa shape index (κ2) is 6.73. The quantitative estimate of drug-likeness (QED) is 0.879. The second-order valence-electron chi connectivity index (χ2n) is 4.73. The lowest BCUT2D eigenvalue weighted by Crippen LogP contribution is -2.21. The molecule has 0 aliphatic carbocycles. The van der Waals surface area contributed by atoms with Crippen LogP contribution in [0.3, 0.4) is 0 Å². The molecule has 0 saturated heterocycles. The number of hydrogen-bond donors (Lipinski definition) is 2. The Kier molecular flexibility index (Phi) is 5.00. The zero-order chi connectivity index (χ0) is 13.7. The van der Waals surface area contributed by atoms with Crippen molar-refractivity contribution in [3.05, 3.63) is 64.1 Å². The van der Waals surface area contributed by atoms with E-state index in [9.17, 15) is 5.11 Å². The third-order valence-corrected chi connectivity index (χ3v) is 3.51. The van der Waals surface area contributed by atoms with E-state index < -0.39 is 0 Å². The molecule has 3 heteroatoms. The van der Waals surface area contributed by atoms with E-state index in [4.69, 9.17) is 0 Å². The standard InChI is InChI=1S/C16H18BrNO/c1-12-2-4-13(5-3-12)10-16(19)11-18-15-8-6-14(17)7-9-15/h2-9,16,18-19H,10-11H2,1H3. The van der Waals surface area contributed by atoms with E-state index >= 15 is 0 Å². The van der Waals surface area contributed by atoms with Gasteiger partial charge >= 0.3 is 0 Å². The van der Waals surface area contributed by atoms with Crippen molar-refractivity contribution in [2.24, 2.45) is 0 Å². The molecule has 0 aliphatic heterocycles. The predicted molar refractivity (Wildman–Crippen MR) is 83.5 cm³/mol. The van der Waals surface area contributed by atoms with Crippen LogP contribution >= 0.6 is 15.9 Å². The summed E-state index contributed by atoms with van der Waals surface area (Å²) >= 11 is 3.40. The summed E-state index contributed by atoms with van der Waals surface area (Å²) in [6.07, 6.45) is 0.287. The van der Waals surface area contributed by atoms with Gasteiger partial charge in [-0.25, -0.2) is 0 Å². The molecule has 1 atom stereocenters. The molecule has 2 aromatic rings. The van der Waals surface area contributed by atoms with Crippen LogP contribution in [-0.4, -0.2) is 17.8 Å². The van der Waals surface area contributed by atoms with Crippen molar-refractivity contribution in [2.75, 3.05) is 11.9 Å². The van der Waals surface area contributed by atoms with E-state index in [-0.39, 0.29) is 6.10 Å². The summed E-state index contributed by atoms with van der Waals surface area (Å²) in [4.78, 5) is 0. The van der Waals surface area contributed by atoms with E-state index in [1.165, 1.54) is 5.56 Å². The molecule has 0 aliphatic rings. The zero-order valence-corrected chi connectivity index (χ0v) is 12.5. The first-order valence-electron chi connectivity index (χ1n) is 6.36. The molecule has 0 spiro atoms. The summed E-state index contributed by atoms with van der Waals surface area (Å²) in [5, 5.41) is 13.2. The van der Waals surface area contributed by atoms with Gasteiger partial charge in [-0.1, -0.05) is 45.8 Å². The third-order valence-electron chi connectivity index (χ3n) is 2.98. The monoisotopic (exact) mass is 319 g/mol. The first kappa shape index (κ1) is 14.1. The number of nitrogens with one attached hydrogen (secondary N) is 1. The lowest BCUT2D eigenvalue weighted by Gasteiger charge is -2.13. The van der Waals surface area contributed by atoms with Crippen molar-refractivity contribution in [2.45, 2.75) is 19.4 Å². The first-order chi connectivity index (χ1) is 9.13. The molecule has 2 aromatic carbocycles. The lowest BCUT2D eigenvalue weighted by atomic mass is 10.1. The number of aliphatic hydroxyl groups is 1. The van der Waals surface area contributed by atoms with Gasteiger partial charge in [0.2, 0.25) is 0 Å². The molecular formula is C16H18BrNO. The summed E-state index contributed by atoms with van der Waals surface area (Å²) in [7, 11) is 0. The Hall–Kier alpha value is -1.32. The molecule has 0 heterocycles. The van der Waals surface area contributed by atoms with E-state index in [0.717, 1.165) is 15.7 Å². The Morgan fingerprint density at radius 2 is 1.68 bits per heavy atom. The molecule has 2 nitrogen and oxygen atoms in total. The highest BCUT2D eigenvalue weighted by Crippen LogP contribution is 2.14. The van der Waals surface area contributed by atoms with Crippen LogP contribution in [-0.2, 0) is 6.42 Å². The van der Waals surface area contributed by atoms with E-state index in [2.05, 4.69) is 52.4 Å². The maximum absolute atomic E-state index is 10.0. The molecule has 2 N–H and O–H groups in total. The fraction of sp³-hybridized carbons (Fsp3) is 0.250. The van der Waals surface area contributed by atoms with Gasteiger partial charge in [0.05, 0.1) is 6.10 Å². The van der Waals surface area contributed by atoms with Gasteiger partial charge in [-0.2, -0.15) is 0 Å². The minimum Gasteiger partial charge on any atom is -0.391 e. The summed E-state index contributed by atoms with van der Waals surface area (Å²) in [6, 6.07) is 16.2. The van der Waals surface area contributed by atoms with Gasteiger partial charge in [0.1, 0.15) is 0 Å². The highest BCUT2D eigenvalue weighted by Gasteiger charge is 2.05. The van der Waals surface area contributed by atoms with Crippen LogP contribution in [0.15, 0.2) is 53.0 Å². The van der Waals surface area contributed by atoms with Crippen LogP contribution in [0.1, 0.15) is 11.1 Å². The molecular weight excluding hydrogens is 302 g/mol. The van der Waals surface area contributed by atoms with Crippen molar-refractivity contribution in [3.63, 3.8) is 0 Å². The van der Waals surface area contributed by atoms with Crippen LogP contribution in [0.2, 0.25) is 0 Å². The maximum Gasteiger partial charge on any atom is 0.0752 e. The molecule has 0 aromatic heterocycles. The number of anilines is 1. The van der Waals surface area contributed by atoms with Crippen molar-refractivity contribution in [1.29, 1.82) is 0 Å². The van der Waals surface area contributed by atoms with Crippen molar-refractivity contribution in [3.8, 4) is 0 Å². The average Bonchev–Trinajstić information content (AvgIpc) is 2.41. The number of rotatable bonds is 5. The van der Waals surface area contributed by atoms with E-state index in [1.807, 2.05) is 24.3 Å². The third kappa shape index (κ3) is 4.69. The van der Waals surface area contributed by atoms with Gasteiger partial charge in [-0.15, -0.1) is 0 Å². The highest BCUT2D eigenvalue weighted by atomic mass is 79.9. The van der Waals surface area contributed by atoms with Crippen LogP contribution in [0.5, 0.6) is 0 Å². The fourth-order valence-corrected chi connectivity index (χ4v) is 2.14. The molecule has 2 rings (SSSR count). The molecule has 0 fully saturated rings. The Morgan fingerprint density at radius 1 is 1.05 bits per heavy atom. The van der Waals surface area contributed by atoms with Crippen molar-refractivity contribution in [1.82, 2.24) is 0 Å². The number of hydrogen-bond acceptors (Lipinski definition) is 2. The predicted octanol–water partition coefficient (Wildman–Crippen LogP) is 3.77. The minimum atomic E-state index is -0.383. The van der Waals surface area contributed by atoms with Gasteiger partial charge in [0, 0.05) is 23.1 Å². The number of aliphatic hydroxyl groups excluding tert-OH is 1. The zero-order valence-electron chi connectivity index (χ0n) is 10.9. The van der Waals surface area contributed by atoms with Crippen LogP contribution in [0.4, 0.5) is 5.69 Å². The number of aryl methyl sites for hydroxylation is 1. The van der Waals surface area contributed by atoms with Crippen LogP contribution in [0.25, 0.3) is 0 Å². The Labute approximate surface area is 122 Å². The molecule has 0 amide bonds. The van der Waals surface area contributed by atoms with E-state index in [1.54, 1.807) is 0 Å². The normalized spacial score (nSPS) is 12.2. The molecule has 19 heavy (non-hydrogen) atoms. The second-order valence-corrected chi connectivity index (χ2v) is 5.65. The highest BCUT2D eigenvalue weighted by molar-refractivity contribution is 9.10. The van der Waals surface area contributed by atoms with Crippen LogP contribution < -0.4 is 5.32 Å². The smallest absolute Gasteiger partial charge is 0.0752 e. The minimum absolute atomic E-state index is 0.383. The van der Waals surface area contributed by atoms with Gasteiger partial charge in [-0.05, 0) is 36.8 Å². The molecule has 1 unspecified atom stereocenters. The van der Waals surface area contributed by atoms with Gasteiger partial charge in [0.25, 0.3) is 0 Å². The first-order valence-corrected chi connectivity index (χ1v) is 7.16. The molecule has 0 radical (unpaired) electrons. The largest absolute Gasteiger partial charge is 0.391 e. The maximum atomic E-state index is 10.0. The molecule has 0 bridgehead atoms. The number of benzene rings is 2. The number of halogens is 1. The van der Waals surface area contributed by atoms with Gasteiger partial charge in [-0.3, -0.25) is 0 Å². The van der Waals surface area contributed by atoms with Gasteiger partial charge in [0.15, 0.2) is 0 Å². The summed E-state index contributed by atoms with van der Waals surface area (Å²) in [5.41, 5.74) is 3.42. The SMILES string of the molecule is Cc1ccc(CC(O)CNc2ccc(Br)cc2)cc1. The fourth-order valence-electron chi connectivity index (χ4n) is 1.87. The van der Waals surface area contributed by atoms with Crippen molar-refractivity contribution < 1.29 is 5.11 Å². The lowest BCUT2D eigenvalue weighted by molar-refractivity contribution is 0.188. The van der Waals surface area contributed by atoms with E-state index in [0.29, 0.717) is 13.0 Å². The summed E-state index contributed by atoms with van der Waals surface area (Å²) in [5.74, 6) is 0. The Balaban J connectivity index is 1.82. The van der Waals surface area contributed by atoms with Crippen molar-refractivity contribution >= 4 is 21.6 Å².